The van der Waals surface area contributed by atoms with Crippen LogP contribution < -0.4 is 10.3 Å². The van der Waals surface area contributed by atoms with E-state index in [0.29, 0.717) is 6.42 Å². The first-order valence-corrected chi connectivity index (χ1v) is 7.36. The van der Waals surface area contributed by atoms with E-state index in [9.17, 15) is 9.59 Å². The van der Waals surface area contributed by atoms with Gasteiger partial charge in [-0.05, 0) is 42.5 Å². The Morgan fingerprint density at radius 3 is 2.86 bits per heavy atom. The molecule has 2 aliphatic rings. The predicted octanol–water partition coefficient (Wildman–Crippen LogP) is 1.85. The summed E-state index contributed by atoms with van der Waals surface area (Å²) in [5.41, 5.74) is 6.44. The molecule has 0 aromatic heterocycles. The van der Waals surface area contributed by atoms with E-state index >= 15 is 0 Å². The van der Waals surface area contributed by atoms with Gasteiger partial charge in [0.2, 0.25) is 11.8 Å². The van der Waals surface area contributed by atoms with Gasteiger partial charge in [-0.3, -0.25) is 9.59 Å². The molecule has 0 unspecified atom stereocenters. The maximum Gasteiger partial charge on any atom is 0.243 e. The van der Waals surface area contributed by atoms with Gasteiger partial charge < -0.3 is 4.90 Å². The van der Waals surface area contributed by atoms with Crippen LogP contribution in [0.2, 0.25) is 0 Å². The summed E-state index contributed by atoms with van der Waals surface area (Å²) in [4.78, 5) is 25.1. The van der Waals surface area contributed by atoms with Crippen LogP contribution in [0.25, 0.3) is 0 Å². The molecule has 1 aliphatic carbocycles. The van der Waals surface area contributed by atoms with E-state index in [1.807, 2.05) is 25.1 Å². The zero-order valence-corrected chi connectivity index (χ0v) is 12.3. The molecule has 2 amide bonds. The molecule has 1 aromatic carbocycles. The van der Waals surface area contributed by atoms with Crippen LogP contribution in [0, 0.1) is 5.92 Å². The SMILES string of the molecule is CCC(=NNC(=O)C1CC1)c1ccc2c(c1)CC(=O)N2C. The van der Waals surface area contributed by atoms with Crippen LogP contribution in [0.15, 0.2) is 23.3 Å². The van der Waals surface area contributed by atoms with Crippen molar-refractivity contribution in [1.82, 2.24) is 5.43 Å². The number of carbonyl (C=O) groups excluding carboxylic acids is 2. The molecule has 1 aliphatic heterocycles. The Morgan fingerprint density at radius 2 is 2.19 bits per heavy atom. The van der Waals surface area contributed by atoms with E-state index in [-0.39, 0.29) is 17.7 Å². The van der Waals surface area contributed by atoms with Crippen LogP contribution in [-0.4, -0.2) is 24.6 Å². The fourth-order valence-corrected chi connectivity index (χ4v) is 2.56. The van der Waals surface area contributed by atoms with E-state index < -0.39 is 0 Å². The minimum Gasteiger partial charge on any atom is -0.315 e. The number of hydrazone groups is 1. The van der Waals surface area contributed by atoms with Gasteiger partial charge in [-0.25, -0.2) is 5.43 Å². The van der Waals surface area contributed by atoms with Crippen molar-refractivity contribution in [1.29, 1.82) is 0 Å². The highest BCUT2D eigenvalue weighted by molar-refractivity contribution is 6.05. The average molecular weight is 285 g/mol. The Labute approximate surface area is 124 Å². The number of nitrogens with one attached hydrogen (secondary N) is 1. The van der Waals surface area contributed by atoms with Crippen molar-refractivity contribution in [3.63, 3.8) is 0 Å². The quantitative estimate of drug-likeness (QED) is 0.678. The summed E-state index contributed by atoms with van der Waals surface area (Å²) in [7, 11) is 1.79. The van der Waals surface area contributed by atoms with Crippen molar-refractivity contribution in [3.05, 3.63) is 29.3 Å². The van der Waals surface area contributed by atoms with E-state index in [0.717, 1.165) is 41.8 Å². The molecule has 0 radical (unpaired) electrons. The summed E-state index contributed by atoms with van der Waals surface area (Å²) in [6.07, 6.45) is 3.10. The topological polar surface area (TPSA) is 61.8 Å². The lowest BCUT2D eigenvalue weighted by Crippen LogP contribution is -2.21. The number of anilines is 1. The Balaban J connectivity index is 1.81. The van der Waals surface area contributed by atoms with Crippen LogP contribution in [0.1, 0.15) is 37.3 Å². The second kappa shape index (κ2) is 5.31. The van der Waals surface area contributed by atoms with Crippen molar-refractivity contribution in [3.8, 4) is 0 Å². The molecule has 5 heteroatoms. The molecule has 1 fully saturated rings. The molecule has 1 N–H and O–H groups in total. The Kier molecular flexibility index (Phi) is 3.49. The number of amides is 2. The highest BCUT2D eigenvalue weighted by Crippen LogP contribution is 2.29. The first-order valence-electron chi connectivity index (χ1n) is 7.36. The van der Waals surface area contributed by atoms with Crippen LogP contribution in [0.3, 0.4) is 0 Å². The van der Waals surface area contributed by atoms with Gasteiger partial charge in [0, 0.05) is 18.7 Å². The summed E-state index contributed by atoms with van der Waals surface area (Å²) in [6.45, 7) is 2.01. The van der Waals surface area contributed by atoms with E-state index in [1.54, 1.807) is 11.9 Å². The average Bonchev–Trinajstić information content (AvgIpc) is 3.28. The van der Waals surface area contributed by atoms with E-state index in [1.165, 1.54) is 0 Å². The Morgan fingerprint density at radius 1 is 1.43 bits per heavy atom. The van der Waals surface area contributed by atoms with Gasteiger partial charge in [0.1, 0.15) is 0 Å². The highest BCUT2D eigenvalue weighted by atomic mass is 16.2. The monoisotopic (exact) mass is 285 g/mol. The van der Waals surface area contributed by atoms with Crippen molar-refractivity contribution in [2.75, 3.05) is 11.9 Å². The van der Waals surface area contributed by atoms with Crippen molar-refractivity contribution < 1.29 is 9.59 Å². The molecule has 1 aromatic rings. The second-order valence-corrected chi connectivity index (χ2v) is 5.64. The molecule has 0 atom stereocenters. The molecular formula is C16H19N3O2. The first kappa shape index (κ1) is 13.8. The van der Waals surface area contributed by atoms with Crippen molar-refractivity contribution in [2.24, 2.45) is 11.0 Å². The summed E-state index contributed by atoms with van der Waals surface area (Å²) in [6, 6.07) is 5.91. The van der Waals surface area contributed by atoms with Crippen LogP contribution in [0.4, 0.5) is 5.69 Å². The van der Waals surface area contributed by atoms with E-state index in [4.69, 9.17) is 0 Å². The van der Waals surface area contributed by atoms with Gasteiger partial charge in [-0.15, -0.1) is 0 Å². The first-order chi connectivity index (χ1) is 10.1. The molecule has 21 heavy (non-hydrogen) atoms. The lowest BCUT2D eigenvalue weighted by atomic mass is 10.0. The molecule has 1 saturated carbocycles. The van der Waals surface area contributed by atoms with Crippen LogP contribution in [0.5, 0.6) is 0 Å². The van der Waals surface area contributed by atoms with Crippen molar-refractivity contribution >= 4 is 23.2 Å². The normalized spacial score (nSPS) is 17.9. The molecule has 0 saturated heterocycles. The fraction of sp³-hybridized carbons (Fsp3) is 0.438. The summed E-state index contributed by atoms with van der Waals surface area (Å²) >= 11 is 0. The third-order valence-electron chi connectivity index (χ3n) is 4.07. The third kappa shape index (κ3) is 2.68. The third-order valence-corrected chi connectivity index (χ3v) is 4.07. The number of hydrogen-bond donors (Lipinski definition) is 1. The smallest absolute Gasteiger partial charge is 0.243 e. The van der Waals surface area contributed by atoms with Gasteiger partial charge in [0.25, 0.3) is 0 Å². The minimum absolute atomic E-state index is 0.0111. The Bertz CT molecular complexity index is 632. The molecule has 0 bridgehead atoms. The summed E-state index contributed by atoms with van der Waals surface area (Å²) < 4.78 is 0. The lowest BCUT2D eigenvalue weighted by molar-refractivity contribution is -0.122. The zero-order chi connectivity index (χ0) is 15.0. The summed E-state index contributed by atoms with van der Waals surface area (Å²) in [5, 5.41) is 4.26. The number of likely N-dealkylation sites (N-methyl/N-ethyl adjacent to an activating group) is 1. The minimum atomic E-state index is 0.0111. The molecule has 0 spiro atoms. The van der Waals surface area contributed by atoms with Crippen LogP contribution >= 0.6 is 0 Å². The van der Waals surface area contributed by atoms with Gasteiger partial charge in [0.15, 0.2) is 0 Å². The van der Waals surface area contributed by atoms with Crippen molar-refractivity contribution in [2.45, 2.75) is 32.6 Å². The van der Waals surface area contributed by atoms with Gasteiger partial charge in [-0.2, -0.15) is 5.10 Å². The number of nitrogens with zero attached hydrogens (tertiary/aromatic N) is 2. The van der Waals surface area contributed by atoms with Gasteiger partial charge in [-0.1, -0.05) is 13.0 Å². The Hall–Kier alpha value is -2.17. The number of benzene rings is 1. The number of fused-ring (bicyclic) bond motifs is 1. The maximum atomic E-state index is 11.7. The standard InChI is InChI=1S/C16H19N3O2/c1-3-13(17-18-16(21)10-4-5-10)11-6-7-14-12(8-11)9-15(20)19(14)2/h6-8,10H,3-5,9H2,1-2H3,(H,18,21). The number of carbonyl (C=O) groups is 2. The second-order valence-electron chi connectivity index (χ2n) is 5.64. The van der Waals surface area contributed by atoms with Crippen LogP contribution in [-0.2, 0) is 16.0 Å². The molecule has 5 nitrogen and oxygen atoms in total. The molecule has 3 rings (SSSR count). The lowest BCUT2D eigenvalue weighted by Gasteiger charge is -2.11. The zero-order valence-electron chi connectivity index (χ0n) is 12.3. The van der Waals surface area contributed by atoms with E-state index in [2.05, 4.69) is 10.5 Å². The molecular weight excluding hydrogens is 266 g/mol. The van der Waals surface area contributed by atoms with Gasteiger partial charge in [0.05, 0.1) is 12.1 Å². The molecule has 110 valence electrons. The number of rotatable bonds is 4. The fourth-order valence-electron chi connectivity index (χ4n) is 2.56. The maximum absolute atomic E-state index is 11.7. The molecule has 1 heterocycles. The largest absolute Gasteiger partial charge is 0.315 e. The predicted molar refractivity (Wildman–Crippen MR) is 81.3 cm³/mol. The highest BCUT2D eigenvalue weighted by Gasteiger charge is 2.29. The van der Waals surface area contributed by atoms with Gasteiger partial charge >= 0.3 is 0 Å². The summed E-state index contributed by atoms with van der Waals surface area (Å²) in [5.74, 6) is 0.273. The number of hydrogen-bond acceptors (Lipinski definition) is 3.